The van der Waals surface area contributed by atoms with E-state index in [1.165, 1.54) is 0 Å². The minimum Gasteiger partial charge on any atom is -0.395 e. The van der Waals surface area contributed by atoms with Crippen molar-refractivity contribution in [2.75, 3.05) is 32.8 Å². The van der Waals surface area contributed by atoms with Gasteiger partial charge in [-0.2, -0.15) is 0 Å². The van der Waals surface area contributed by atoms with E-state index < -0.39 is 0 Å². The third-order valence-corrected chi connectivity index (χ3v) is 3.93. The lowest BCUT2D eigenvalue weighted by atomic mass is 10.1. The fourth-order valence-corrected chi connectivity index (χ4v) is 2.56. The van der Waals surface area contributed by atoms with Gasteiger partial charge in [-0.05, 0) is 24.1 Å². The second-order valence-corrected chi connectivity index (χ2v) is 5.23. The Morgan fingerprint density at radius 1 is 1.43 bits per heavy atom. The molecule has 0 saturated carbocycles. The summed E-state index contributed by atoms with van der Waals surface area (Å²) in [6, 6.07) is 3.98. The summed E-state index contributed by atoms with van der Waals surface area (Å²) < 4.78 is 0. The van der Waals surface area contributed by atoms with E-state index in [2.05, 4.69) is 16.8 Å². The number of nitrogens with zero attached hydrogens (tertiary/aromatic N) is 3. The van der Waals surface area contributed by atoms with Crippen LogP contribution in [0.15, 0.2) is 30.6 Å². The van der Waals surface area contributed by atoms with Gasteiger partial charge in [0.1, 0.15) is 0 Å². The molecule has 1 saturated heterocycles. The number of carbonyl (C=O) groups is 1. The maximum absolute atomic E-state index is 12.1. The highest BCUT2D eigenvalue weighted by Crippen LogP contribution is 2.10. The van der Waals surface area contributed by atoms with Crippen molar-refractivity contribution in [3.05, 3.63) is 36.2 Å². The zero-order chi connectivity index (χ0) is 15.1. The van der Waals surface area contributed by atoms with Crippen LogP contribution in [0.3, 0.4) is 0 Å². The Morgan fingerprint density at radius 3 is 2.76 bits per heavy atom. The Bertz CT molecular complexity index is 464. The largest absolute Gasteiger partial charge is 0.395 e. The first-order valence-corrected chi connectivity index (χ1v) is 7.46. The third kappa shape index (κ3) is 4.37. The van der Waals surface area contributed by atoms with Crippen LogP contribution in [-0.2, 0) is 4.79 Å². The Hall–Kier alpha value is -1.72. The molecule has 0 radical (unpaired) electrons. The van der Waals surface area contributed by atoms with E-state index in [9.17, 15) is 9.90 Å². The van der Waals surface area contributed by atoms with Crippen molar-refractivity contribution in [2.45, 2.75) is 19.4 Å². The number of aromatic nitrogens is 1. The van der Waals surface area contributed by atoms with E-state index in [1.807, 2.05) is 17.0 Å². The third-order valence-electron chi connectivity index (χ3n) is 3.93. The highest BCUT2D eigenvalue weighted by Gasteiger charge is 2.23. The minimum atomic E-state index is 0.0375. The molecular weight excluding hydrogens is 266 g/mol. The van der Waals surface area contributed by atoms with Crippen LogP contribution in [-0.4, -0.2) is 64.6 Å². The summed E-state index contributed by atoms with van der Waals surface area (Å²) in [4.78, 5) is 20.3. The van der Waals surface area contributed by atoms with Gasteiger partial charge in [-0.15, -0.1) is 0 Å². The topological polar surface area (TPSA) is 56.7 Å². The van der Waals surface area contributed by atoms with Crippen LogP contribution in [0.2, 0.25) is 0 Å². The molecule has 1 aliphatic rings. The molecule has 1 unspecified atom stereocenters. The number of pyridine rings is 1. The monoisotopic (exact) mass is 289 g/mol. The first-order chi connectivity index (χ1) is 10.2. The minimum absolute atomic E-state index is 0.0375. The second kappa shape index (κ2) is 7.90. The number of carbonyl (C=O) groups excluding carboxylic acids is 1. The standard InChI is InChI=1S/C16H23N3O2/c1-2-15(13-20)18-8-10-19(11-9-18)16(21)6-5-14-4-3-7-17-12-14/h3-7,12,15,20H,2,8-11,13H2,1H3/b6-5+. The van der Waals surface area contributed by atoms with E-state index in [1.54, 1.807) is 24.5 Å². The van der Waals surface area contributed by atoms with Gasteiger partial charge in [0.15, 0.2) is 0 Å². The van der Waals surface area contributed by atoms with E-state index in [-0.39, 0.29) is 18.6 Å². The summed E-state index contributed by atoms with van der Waals surface area (Å²) in [6.07, 6.45) is 7.78. The number of aliphatic hydroxyl groups excluding tert-OH is 1. The van der Waals surface area contributed by atoms with Gasteiger partial charge in [-0.25, -0.2) is 0 Å². The molecular formula is C16H23N3O2. The molecule has 1 aromatic heterocycles. The number of piperazine rings is 1. The molecule has 5 heteroatoms. The van der Waals surface area contributed by atoms with Crippen molar-refractivity contribution in [1.29, 1.82) is 0 Å². The number of hydrogen-bond acceptors (Lipinski definition) is 4. The number of amides is 1. The van der Waals surface area contributed by atoms with Crippen molar-refractivity contribution in [1.82, 2.24) is 14.8 Å². The van der Waals surface area contributed by atoms with E-state index in [4.69, 9.17) is 0 Å². The molecule has 114 valence electrons. The molecule has 5 nitrogen and oxygen atoms in total. The Labute approximate surface area is 125 Å². The van der Waals surface area contributed by atoms with Crippen LogP contribution in [0.25, 0.3) is 6.08 Å². The lowest BCUT2D eigenvalue weighted by Crippen LogP contribution is -2.52. The predicted molar refractivity (Wildman–Crippen MR) is 82.6 cm³/mol. The maximum atomic E-state index is 12.1. The van der Waals surface area contributed by atoms with Crippen LogP contribution in [0.4, 0.5) is 0 Å². The summed E-state index contributed by atoms with van der Waals surface area (Å²) in [5.41, 5.74) is 0.927. The predicted octanol–water partition coefficient (Wildman–Crippen LogP) is 1.01. The lowest BCUT2D eigenvalue weighted by molar-refractivity contribution is -0.128. The molecule has 1 atom stereocenters. The molecule has 0 bridgehead atoms. The fourth-order valence-electron chi connectivity index (χ4n) is 2.56. The van der Waals surface area contributed by atoms with Crippen molar-refractivity contribution in [3.8, 4) is 0 Å². The van der Waals surface area contributed by atoms with Gasteiger partial charge in [-0.1, -0.05) is 13.0 Å². The van der Waals surface area contributed by atoms with Crippen LogP contribution < -0.4 is 0 Å². The van der Waals surface area contributed by atoms with E-state index >= 15 is 0 Å². The molecule has 1 N–H and O–H groups in total. The zero-order valence-corrected chi connectivity index (χ0v) is 12.5. The Balaban J connectivity index is 1.84. The van der Waals surface area contributed by atoms with Gasteiger partial charge in [0.25, 0.3) is 0 Å². The summed E-state index contributed by atoms with van der Waals surface area (Å²) in [5.74, 6) is 0.0375. The first kappa shape index (κ1) is 15.7. The highest BCUT2D eigenvalue weighted by molar-refractivity contribution is 5.91. The normalized spacial score (nSPS) is 18.1. The van der Waals surface area contributed by atoms with Crippen LogP contribution >= 0.6 is 0 Å². The number of rotatable bonds is 5. The average molecular weight is 289 g/mol. The van der Waals surface area contributed by atoms with Gasteiger partial charge in [0.2, 0.25) is 5.91 Å². The summed E-state index contributed by atoms with van der Waals surface area (Å²) >= 11 is 0. The van der Waals surface area contributed by atoms with E-state index in [0.29, 0.717) is 13.1 Å². The Kier molecular flexibility index (Phi) is 5.90. The Morgan fingerprint density at radius 2 is 2.19 bits per heavy atom. The van der Waals surface area contributed by atoms with Crippen LogP contribution in [0.1, 0.15) is 18.9 Å². The highest BCUT2D eigenvalue weighted by atomic mass is 16.3. The molecule has 2 rings (SSSR count). The quantitative estimate of drug-likeness (QED) is 0.822. The molecule has 0 spiro atoms. The first-order valence-electron chi connectivity index (χ1n) is 7.46. The number of hydrogen-bond donors (Lipinski definition) is 1. The summed E-state index contributed by atoms with van der Waals surface area (Å²) in [6.45, 7) is 5.34. The van der Waals surface area contributed by atoms with Gasteiger partial charge in [0, 0.05) is 50.7 Å². The fraction of sp³-hybridized carbons (Fsp3) is 0.500. The lowest BCUT2D eigenvalue weighted by Gasteiger charge is -2.38. The second-order valence-electron chi connectivity index (χ2n) is 5.23. The van der Waals surface area contributed by atoms with Crippen LogP contribution in [0.5, 0.6) is 0 Å². The summed E-state index contributed by atoms with van der Waals surface area (Å²) in [7, 11) is 0. The maximum Gasteiger partial charge on any atom is 0.246 e. The van der Waals surface area contributed by atoms with Crippen LogP contribution in [0, 0.1) is 0 Å². The molecule has 0 aliphatic carbocycles. The van der Waals surface area contributed by atoms with Crippen molar-refractivity contribution in [3.63, 3.8) is 0 Å². The van der Waals surface area contributed by atoms with Crippen molar-refractivity contribution in [2.24, 2.45) is 0 Å². The molecule has 1 aromatic rings. The van der Waals surface area contributed by atoms with Crippen molar-refractivity contribution < 1.29 is 9.90 Å². The smallest absolute Gasteiger partial charge is 0.246 e. The van der Waals surface area contributed by atoms with E-state index in [0.717, 1.165) is 25.1 Å². The molecule has 2 heterocycles. The number of aliphatic hydroxyl groups is 1. The summed E-state index contributed by atoms with van der Waals surface area (Å²) in [5, 5.41) is 9.32. The SMILES string of the molecule is CCC(CO)N1CCN(C(=O)/C=C/c2cccnc2)CC1. The molecule has 1 fully saturated rings. The van der Waals surface area contributed by atoms with Gasteiger partial charge in [-0.3, -0.25) is 14.7 Å². The van der Waals surface area contributed by atoms with Gasteiger partial charge < -0.3 is 10.0 Å². The molecule has 1 aliphatic heterocycles. The zero-order valence-electron chi connectivity index (χ0n) is 12.5. The average Bonchev–Trinajstić information content (AvgIpc) is 2.55. The van der Waals surface area contributed by atoms with Gasteiger partial charge >= 0.3 is 0 Å². The molecule has 0 aromatic carbocycles. The van der Waals surface area contributed by atoms with Gasteiger partial charge in [0.05, 0.1) is 6.61 Å². The van der Waals surface area contributed by atoms with Crippen molar-refractivity contribution >= 4 is 12.0 Å². The molecule has 21 heavy (non-hydrogen) atoms. The molecule has 1 amide bonds.